The highest BCUT2D eigenvalue weighted by atomic mass is 16.5. The number of pyridine rings is 3. The van der Waals surface area contributed by atoms with Gasteiger partial charge in [-0.1, -0.05) is 54.6 Å². The number of aromatic nitrogens is 5. The molecule has 0 aliphatic rings. The fraction of sp³-hybridized carbons (Fsp3) is 0.113. The molecule has 284 valence electrons. The molecule has 0 aliphatic heterocycles. The highest BCUT2D eigenvalue weighted by Gasteiger charge is 2.21. The molecule has 0 saturated carbocycles. The topological polar surface area (TPSA) is 56.7 Å². The van der Waals surface area contributed by atoms with Crippen LogP contribution in [0.15, 0.2) is 140 Å². The second kappa shape index (κ2) is 13.1. The molecule has 6 aromatic carbocycles. The van der Waals surface area contributed by atoms with Crippen molar-refractivity contribution in [1.29, 1.82) is 0 Å². The van der Waals surface area contributed by atoms with Crippen molar-refractivity contribution in [1.82, 2.24) is 23.8 Å². The molecular formula is C53H41N5O. The lowest BCUT2D eigenvalue weighted by Gasteiger charge is -2.20. The zero-order chi connectivity index (χ0) is 40.1. The van der Waals surface area contributed by atoms with Crippen molar-refractivity contribution in [2.24, 2.45) is 0 Å². The summed E-state index contributed by atoms with van der Waals surface area (Å²) >= 11 is 0. The molecule has 59 heavy (non-hydrogen) atoms. The average molecular weight is 764 g/mol. The first kappa shape index (κ1) is 34.9. The van der Waals surface area contributed by atoms with Crippen LogP contribution in [0.5, 0.6) is 11.5 Å². The van der Waals surface area contributed by atoms with Gasteiger partial charge in [0.25, 0.3) is 0 Å². The largest absolute Gasteiger partial charge is 0.457 e. The summed E-state index contributed by atoms with van der Waals surface area (Å²) < 4.78 is 11.2. The number of nitrogens with zero attached hydrogens (tertiary/aromatic N) is 5. The normalized spacial score (nSPS) is 11.9. The first-order valence-electron chi connectivity index (χ1n) is 20.2. The third kappa shape index (κ3) is 5.29. The molecule has 0 N–H and O–H groups in total. The highest BCUT2D eigenvalue weighted by molar-refractivity contribution is 6.15. The van der Waals surface area contributed by atoms with Gasteiger partial charge >= 0.3 is 0 Å². The number of ether oxygens (including phenoxy) is 1. The van der Waals surface area contributed by atoms with Crippen LogP contribution in [-0.2, 0) is 0 Å². The number of hydrogen-bond acceptors (Lipinski definition) is 4. The Hall–Kier alpha value is -7.31. The highest BCUT2D eigenvalue weighted by Crippen LogP contribution is 2.44. The molecular weight excluding hydrogens is 723 g/mol. The molecule has 5 heterocycles. The van der Waals surface area contributed by atoms with E-state index in [0.717, 1.165) is 72.0 Å². The van der Waals surface area contributed by atoms with E-state index in [0.29, 0.717) is 0 Å². The summed E-state index contributed by atoms with van der Waals surface area (Å²) in [6, 6.07) is 41.1. The summed E-state index contributed by atoms with van der Waals surface area (Å²) in [5, 5.41) is 5.32. The van der Waals surface area contributed by atoms with Crippen molar-refractivity contribution in [2.75, 3.05) is 0 Å². The maximum atomic E-state index is 6.76. The van der Waals surface area contributed by atoms with Crippen LogP contribution in [0.2, 0.25) is 0 Å². The number of hydrogen-bond donors (Lipinski definition) is 0. The van der Waals surface area contributed by atoms with Crippen LogP contribution in [-0.4, -0.2) is 23.8 Å². The quantitative estimate of drug-likeness (QED) is 0.164. The van der Waals surface area contributed by atoms with Gasteiger partial charge in [-0.2, -0.15) is 0 Å². The van der Waals surface area contributed by atoms with Gasteiger partial charge in [-0.15, -0.1) is 0 Å². The molecule has 0 unspecified atom stereocenters. The van der Waals surface area contributed by atoms with E-state index in [1.807, 2.05) is 30.7 Å². The summed E-state index contributed by atoms with van der Waals surface area (Å²) in [6.45, 7) is 13.2. The molecule has 0 radical (unpaired) electrons. The van der Waals surface area contributed by atoms with E-state index in [1.54, 1.807) is 0 Å². The molecule has 0 amide bonds. The zero-order valence-electron chi connectivity index (χ0n) is 33.9. The molecule has 0 saturated heterocycles. The van der Waals surface area contributed by atoms with Crippen LogP contribution in [0.1, 0.15) is 33.4 Å². The standard InChI is InChI=1S/C53H41N5O/c1-30-11-7-12-31(2)48(30)41-27-40-38-20-18-36(25-43(38)52-55-23-24-57(52)46(40)28-42(41)49-32(3)13-8-14-33(49)4)59-37-19-21-39-44(26-37)53-56-29-47(50-34(5)15-9-16-35(50)6)58(53)45-17-10-22-54-51(39)45/h7-29H,1-6H3. The number of aryl methyl sites for hydroxylation is 6. The minimum atomic E-state index is 0.723. The third-order valence-corrected chi connectivity index (χ3v) is 12.3. The van der Waals surface area contributed by atoms with Crippen molar-refractivity contribution < 1.29 is 4.74 Å². The summed E-state index contributed by atoms with van der Waals surface area (Å²) in [5.41, 5.74) is 19.5. The SMILES string of the molecule is Cc1cccc(C)c1-c1cc2c3ccc(Oc4ccc5c(c4)c4ncc(-c6c(C)cccc6C)n4c4cccnc54)cc3c3nccn3c2cc1-c1c(C)cccc1C. The van der Waals surface area contributed by atoms with E-state index in [-0.39, 0.29) is 0 Å². The lowest BCUT2D eigenvalue weighted by Crippen LogP contribution is -1.98. The van der Waals surface area contributed by atoms with Gasteiger partial charge in [0, 0.05) is 45.7 Å². The summed E-state index contributed by atoms with van der Waals surface area (Å²) in [7, 11) is 0. The monoisotopic (exact) mass is 763 g/mol. The second-order valence-electron chi connectivity index (χ2n) is 16.0. The second-order valence-corrected chi connectivity index (χ2v) is 16.0. The van der Waals surface area contributed by atoms with E-state index in [4.69, 9.17) is 19.7 Å². The third-order valence-electron chi connectivity index (χ3n) is 12.3. The Balaban J connectivity index is 1.10. The van der Waals surface area contributed by atoms with Crippen molar-refractivity contribution in [2.45, 2.75) is 41.5 Å². The Kier molecular flexibility index (Phi) is 7.76. The number of fused-ring (bicyclic) bond motifs is 12. The minimum Gasteiger partial charge on any atom is -0.457 e. The Morgan fingerprint density at radius 1 is 0.441 bits per heavy atom. The lowest BCUT2D eigenvalue weighted by molar-refractivity contribution is 0.484. The maximum Gasteiger partial charge on any atom is 0.145 e. The lowest BCUT2D eigenvalue weighted by atomic mass is 9.85. The van der Waals surface area contributed by atoms with Gasteiger partial charge in [-0.25, -0.2) is 9.97 Å². The van der Waals surface area contributed by atoms with Gasteiger partial charge in [-0.3, -0.25) is 13.8 Å². The molecule has 0 aliphatic carbocycles. The van der Waals surface area contributed by atoms with E-state index < -0.39 is 0 Å². The summed E-state index contributed by atoms with van der Waals surface area (Å²) in [5.74, 6) is 1.46. The number of imidazole rings is 2. The van der Waals surface area contributed by atoms with Crippen molar-refractivity contribution in [3.05, 3.63) is 173 Å². The van der Waals surface area contributed by atoms with Crippen molar-refractivity contribution in [3.63, 3.8) is 0 Å². The molecule has 0 fully saturated rings. The van der Waals surface area contributed by atoms with E-state index >= 15 is 0 Å². The maximum absolute atomic E-state index is 6.76. The molecule has 0 spiro atoms. The van der Waals surface area contributed by atoms with Crippen molar-refractivity contribution in [3.8, 4) is 45.0 Å². The Bertz CT molecular complexity index is 3490. The molecule has 6 heteroatoms. The molecule has 0 atom stereocenters. The van der Waals surface area contributed by atoms with E-state index in [2.05, 4.69) is 160 Å². The predicted molar refractivity (Wildman–Crippen MR) is 243 cm³/mol. The van der Waals surface area contributed by atoms with Crippen LogP contribution < -0.4 is 4.74 Å². The first-order chi connectivity index (χ1) is 28.7. The van der Waals surface area contributed by atoms with Gasteiger partial charge in [0.2, 0.25) is 0 Å². The molecule has 11 rings (SSSR count). The van der Waals surface area contributed by atoms with Gasteiger partial charge in [-0.05, 0) is 163 Å². The fourth-order valence-electron chi connectivity index (χ4n) is 9.68. The Morgan fingerprint density at radius 3 is 1.66 bits per heavy atom. The number of rotatable bonds is 5. The summed E-state index contributed by atoms with van der Waals surface area (Å²) in [6.07, 6.45) is 7.81. The number of benzene rings is 6. The Morgan fingerprint density at radius 2 is 1.02 bits per heavy atom. The molecule has 11 aromatic rings. The molecule has 5 aromatic heterocycles. The predicted octanol–water partition coefficient (Wildman–Crippen LogP) is 13.6. The van der Waals surface area contributed by atoms with E-state index in [9.17, 15) is 0 Å². The summed E-state index contributed by atoms with van der Waals surface area (Å²) in [4.78, 5) is 14.9. The van der Waals surface area contributed by atoms with Crippen LogP contribution in [0, 0.1) is 41.5 Å². The first-order valence-corrected chi connectivity index (χ1v) is 20.2. The van der Waals surface area contributed by atoms with Gasteiger partial charge in [0.1, 0.15) is 22.8 Å². The zero-order valence-corrected chi connectivity index (χ0v) is 33.9. The van der Waals surface area contributed by atoms with Crippen LogP contribution in [0.25, 0.3) is 88.3 Å². The van der Waals surface area contributed by atoms with Gasteiger partial charge in [0.15, 0.2) is 0 Å². The van der Waals surface area contributed by atoms with Crippen molar-refractivity contribution >= 4 is 54.8 Å². The van der Waals surface area contributed by atoms with Crippen LogP contribution in [0.4, 0.5) is 0 Å². The van der Waals surface area contributed by atoms with Crippen LogP contribution >= 0.6 is 0 Å². The van der Waals surface area contributed by atoms with Gasteiger partial charge < -0.3 is 4.74 Å². The average Bonchev–Trinajstić information content (AvgIpc) is 3.90. The fourth-order valence-corrected chi connectivity index (χ4v) is 9.68. The van der Waals surface area contributed by atoms with Crippen LogP contribution in [0.3, 0.4) is 0 Å². The Labute approximate surface area is 342 Å². The van der Waals surface area contributed by atoms with E-state index in [1.165, 1.54) is 61.2 Å². The molecule has 6 nitrogen and oxygen atoms in total. The molecule has 0 bridgehead atoms. The minimum absolute atomic E-state index is 0.723. The van der Waals surface area contributed by atoms with Gasteiger partial charge in [0.05, 0.1) is 28.4 Å². The smallest absolute Gasteiger partial charge is 0.145 e.